The van der Waals surface area contributed by atoms with Crippen LogP contribution in [0.2, 0.25) is 0 Å². The molecule has 2 aliphatic carbocycles. The molecule has 0 fully saturated rings. The lowest BCUT2D eigenvalue weighted by atomic mass is 9.79. The Bertz CT molecular complexity index is 537. The van der Waals surface area contributed by atoms with E-state index in [4.69, 9.17) is 0 Å². The maximum Gasteiger partial charge on any atom is 0.489 e. The van der Waals surface area contributed by atoms with E-state index in [1.54, 1.807) is 12.3 Å². The summed E-state index contributed by atoms with van der Waals surface area (Å²) in [5, 5.41) is 18.9. The largest absolute Gasteiger partial charge is 0.489 e. The summed E-state index contributed by atoms with van der Waals surface area (Å²) < 4.78 is 0. The summed E-state index contributed by atoms with van der Waals surface area (Å²) in [6.45, 7) is 3.97. The smallest absolute Gasteiger partial charge is 0.423 e. The molecule has 18 heavy (non-hydrogen) atoms. The van der Waals surface area contributed by atoms with Crippen LogP contribution in [0.15, 0.2) is 41.4 Å². The van der Waals surface area contributed by atoms with Gasteiger partial charge in [-0.15, -0.1) is 0 Å². The van der Waals surface area contributed by atoms with Gasteiger partial charge in [0.25, 0.3) is 0 Å². The first-order chi connectivity index (χ1) is 8.59. The number of hydrogen-bond donors (Lipinski definition) is 2. The van der Waals surface area contributed by atoms with Crippen molar-refractivity contribution in [3.05, 3.63) is 42.0 Å². The quantitative estimate of drug-likeness (QED) is 0.628. The molecule has 92 valence electrons. The summed E-state index contributed by atoms with van der Waals surface area (Å²) in [6.07, 6.45) is 1.72. The highest BCUT2D eigenvalue weighted by molar-refractivity contribution is 6.61. The molecule has 2 N–H and O–H groups in total. The lowest BCUT2D eigenvalue weighted by molar-refractivity contribution is 0.426. The first kappa shape index (κ1) is 12.8. The van der Waals surface area contributed by atoms with Gasteiger partial charge in [-0.25, -0.2) is 0 Å². The van der Waals surface area contributed by atoms with Crippen LogP contribution < -0.4 is 5.46 Å². The molecular formula is C14H16BNO2. The monoisotopic (exact) mass is 241 g/mol. The molecule has 0 saturated carbocycles. The molecule has 0 heterocycles. The Kier molecular flexibility index (Phi) is 3.79. The number of fused-ring (bicyclic) bond motifs is 1. The number of nitrogens with zero attached hydrogens (tertiary/aromatic N) is 1. The van der Waals surface area contributed by atoms with Crippen LogP contribution in [0, 0.1) is 0 Å². The lowest BCUT2D eigenvalue weighted by Gasteiger charge is -2.01. The molecule has 0 aromatic rings. The van der Waals surface area contributed by atoms with Crippen molar-refractivity contribution in [1.82, 2.24) is 0 Å². The highest BCUT2D eigenvalue weighted by Crippen LogP contribution is 2.24. The van der Waals surface area contributed by atoms with Crippen molar-refractivity contribution in [2.24, 2.45) is 4.99 Å². The minimum absolute atomic E-state index is 0.177. The van der Waals surface area contributed by atoms with Crippen LogP contribution in [-0.2, 0) is 0 Å². The summed E-state index contributed by atoms with van der Waals surface area (Å²) in [4.78, 5) is 4.33. The van der Waals surface area contributed by atoms with Gasteiger partial charge >= 0.3 is 7.12 Å². The second-order valence-corrected chi connectivity index (χ2v) is 4.54. The van der Waals surface area contributed by atoms with Gasteiger partial charge in [0.05, 0.1) is 0 Å². The number of rotatable bonds is 3. The van der Waals surface area contributed by atoms with E-state index in [2.05, 4.69) is 4.99 Å². The van der Waals surface area contributed by atoms with Crippen LogP contribution in [0.4, 0.5) is 0 Å². The zero-order chi connectivity index (χ0) is 13.1. The third-order valence-corrected chi connectivity index (χ3v) is 2.76. The Morgan fingerprint density at radius 1 is 1.17 bits per heavy atom. The minimum atomic E-state index is -1.48. The summed E-state index contributed by atoms with van der Waals surface area (Å²) >= 11 is 0. The zero-order valence-electron chi connectivity index (χ0n) is 10.5. The number of aliphatic imine (C=N–C) groups is 1. The van der Waals surface area contributed by atoms with E-state index >= 15 is 0 Å². The van der Waals surface area contributed by atoms with Gasteiger partial charge in [0, 0.05) is 12.3 Å². The molecule has 2 rings (SSSR count). The Labute approximate surface area is 107 Å². The molecule has 0 radical (unpaired) electrons. The van der Waals surface area contributed by atoms with Crippen molar-refractivity contribution in [3.63, 3.8) is 0 Å². The van der Waals surface area contributed by atoms with E-state index in [0.717, 1.165) is 16.7 Å². The molecule has 0 aromatic carbocycles. The maximum atomic E-state index is 9.43. The molecule has 0 spiro atoms. The fourth-order valence-corrected chi connectivity index (χ4v) is 1.91. The maximum absolute atomic E-state index is 9.43. The lowest BCUT2D eigenvalue weighted by Crippen LogP contribution is -2.31. The van der Waals surface area contributed by atoms with Gasteiger partial charge in [-0.2, -0.15) is 0 Å². The van der Waals surface area contributed by atoms with E-state index in [1.165, 1.54) is 0 Å². The van der Waals surface area contributed by atoms with Crippen molar-refractivity contribution in [2.45, 2.75) is 19.9 Å². The molecule has 0 aromatic heterocycles. The highest BCUT2D eigenvalue weighted by atomic mass is 16.4. The van der Waals surface area contributed by atoms with Crippen LogP contribution in [0.5, 0.6) is 0 Å². The molecule has 0 atom stereocenters. The Morgan fingerprint density at radius 2 is 1.89 bits per heavy atom. The van der Waals surface area contributed by atoms with E-state index in [-0.39, 0.29) is 6.04 Å². The molecule has 3 nitrogen and oxygen atoms in total. The fraction of sp³-hybridized carbons (Fsp3) is 0.214. The van der Waals surface area contributed by atoms with Crippen molar-refractivity contribution in [2.75, 3.05) is 0 Å². The summed E-state index contributed by atoms with van der Waals surface area (Å²) in [5.41, 5.74) is 3.24. The third-order valence-electron chi connectivity index (χ3n) is 2.76. The second-order valence-electron chi connectivity index (χ2n) is 4.54. The van der Waals surface area contributed by atoms with Gasteiger partial charge in [-0.1, -0.05) is 36.4 Å². The molecule has 0 unspecified atom stereocenters. The predicted octanol–water partition coefficient (Wildman–Crippen LogP) is 1.30. The van der Waals surface area contributed by atoms with Crippen LogP contribution in [-0.4, -0.2) is 29.4 Å². The second kappa shape index (κ2) is 5.33. The van der Waals surface area contributed by atoms with Gasteiger partial charge in [0.2, 0.25) is 0 Å². The molecule has 0 bridgehead atoms. The van der Waals surface area contributed by atoms with E-state index in [1.807, 2.05) is 44.2 Å². The van der Waals surface area contributed by atoms with Crippen molar-refractivity contribution < 1.29 is 10.0 Å². The fourth-order valence-electron chi connectivity index (χ4n) is 1.91. The standard InChI is InChI=1S/C14H16BNO2/c1-10(2)16-9-13-12-7-5-3-4-6-11(12)8-14(13)15(17)18/h3-10,17-18H,1-2H3. The van der Waals surface area contributed by atoms with E-state index in [0.29, 0.717) is 5.46 Å². The van der Waals surface area contributed by atoms with Crippen LogP contribution in [0.25, 0.3) is 11.1 Å². The third kappa shape index (κ3) is 2.60. The Hall–Kier alpha value is -1.65. The average molecular weight is 241 g/mol. The first-order valence-electron chi connectivity index (χ1n) is 6.00. The molecular weight excluding hydrogens is 225 g/mol. The van der Waals surface area contributed by atoms with Gasteiger partial charge in [-0.3, -0.25) is 4.99 Å². The van der Waals surface area contributed by atoms with Crippen molar-refractivity contribution in [1.29, 1.82) is 0 Å². The van der Waals surface area contributed by atoms with E-state index in [9.17, 15) is 10.0 Å². The van der Waals surface area contributed by atoms with Crippen LogP contribution in [0.1, 0.15) is 19.4 Å². The van der Waals surface area contributed by atoms with Crippen LogP contribution >= 0.6 is 0 Å². The topological polar surface area (TPSA) is 52.8 Å². The van der Waals surface area contributed by atoms with Gasteiger partial charge < -0.3 is 10.0 Å². The molecule has 0 aliphatic heterocycles. The first-order valence-corrected chi connectivity index (χ1v) is 6.00. The van der Waals surface area contributed by atoms with Crippen molar-refractivity contribution >= 4 is 18.8 Å². The Balaban J connectivity index is 2.59. The predicted molar refractivity (Wildman–Crippen MR) is 75.6 cm³/mol. The average Bonchev–Trinajstić information content (AvgIpc) is 2.49. The highest BCUT2D eigenvalue weighted by Gasteiger charge is 2.21. The Morgan fingerprint density at radius 3 is 2.56 bits per heavy atom. The molecule has 2 aliphatic rings. The normalized spacial score (nSPS) is 11.6. The summed E-state index contributed by atoms with van der Waals surface area (Å²) in [5.74, 6) is 0. The molecule has 4 heteroatoms. The molecule has 0 amide bonds. The summed E-state index contributed by atoms with van der Waals surface area (Å²) in [6, 6.07) is 11.7. The van der Waals surface area contributed by atoms with Crippen molar-refractivity contribution in [3.8, 4) is 11.1 Å². The molecule has 0 saturated heterocycles. The van der Waals surface area contributed by atoms with Crippen LogP contribution in [0.3, 0.4) is 0 Å². The SMILES string of the molecule is CC(C)N=Cc1c(B(O)O)cc2cccccc1-2. The van der Waals surface area contributed by atoms with Gasteiger partial charge in [0.1, 0.15) is 0 Å². The number of hydrogen-bond acceptors (Lipinski definition) is 3. The minimum Gasteiger partial charge on any atom is -0.423 e. The summed E-state index contributed by atoms with van der Waals surface area (Å²) in [7, 11) is -1.48. The van der Waals surface area contributed by atoms with E-state index < -0.39 is 7.12 Å². The van der Waals surface area contributed by atoms with Gasteiger partial charge in [0.15, 0.2) is 0 Å². The van der Waals surface area contributed by atoms with Gasteiger partial charge in [-0.05, 0) is 36.0 Å². The zero-order valence-corrected chi connectivity index (χ0v) is 10.5.